The molecule has 6 aromatic carbocycles. The third-order valence-corrected chi connectivity index (χ3v) is 12.4. The van der Waals surface area contributed by atoms with Gasteiger partial charge in [-0.2, -0.15) is 10.4 Å². The molecule has 0 aliphatic heterocycles. The molecule has 2 unspecified atom stereocenters. The number of aromatic nitrogens is 6. The Labute approximate surface area is 467 Å². The fourth-order valence-corrected chi connectivity index (χ4v) is 8.71. The number of nitriles is 2. The molecule has 74 heavy (non-hydrogen) atoms. The number of hydrogen-bond donors (Lipinski definition) is 2. The summed E-state index contributed by atoms with van der Waals surface area (Å²) >= 11 is 0. The van der Waals surface area contributed by atoms with Crippen LogP contribution in [0.1, 0.15) is 151 Å². The predicted octanol–water partition coefficient (Wildman–Crippen LogP) is 14.6. The van der Waals surface area contributed by atoms with Crippen LogP contribution in [0.25, 0.3) is 56.9 Å². The molecule has 12 heteroatoms. The van der Waals surface area contributed by atoms with E-state index in [4.69, 9.17) is 15.3 Å². The zero-order chi connectivity index (χ0) is 51.5. The molecule has 0 fully saturated rings. The van der Waals surface area contributed by atoms with E-state index in [2.05, 4.69) is 173 Å². The maximum atomic E-state index is 9.23. The largest absolute Gasteiger partial charge is 0.393 e. The molecule has 0 aliphatic rings. The van der Waals surface area contributed by atoms with Crippen molar-refractivity contribution >= 4 is 0 Å². The molecule has 10 nitrogen and oxygen atoms in total. The molecule has 0 spiro atoms. The van der Waals surface area contributed by atoms with E-state index in [9.17, 15) is 10.5 Å². The summed E-state index contributed by atoms with van der Waals surface area (Å²) in [5, 5.41) is 54.2. The average Bonchev–Trinajstić information content (AvgIpc) is 3.99. The molecule has 390 valence electrons. The van der Waals surface area contributed by atoms with Gasteiger partial charge in [0.15, 0.2) is 17.5 Å². The number of para-hydroxylation sites is 2. The SMILES string of the molecule is C.CC(O)CC(C)O.Cc1ccccc1-c1nnc(-c2[c-]cc(C#N)cc2)n1-c1c(C(C)C)cccc1C(C)C.Cc1ccccc1-c1nnc(-c2ccc(C#N)cc2)n1-c1c(C(C)C)cccc1C(C)C.[Ir].[Ir]. The number of benzene rings is 6. The van der Waals surface area contributed by atoms with Gasteiger partial charge in [-0.05, 0) is 121 Å². The van der Waals surface area contributed by atoms with Gasteiger partial charge in [-0.15, -0.1) is 45.1 Å². The minimum atomic E-state index is -0.375. The van der Waals surface area contributed by atoms with Gasteiger partial charge in [-0.3, -0.25) is 4.57 Å². The van der Waals surface area contributed by atoms with Crippen LogP contribution in [0.3, 0.4) is 0 Å². The van der Waals surface area contributed by atoms with Crippen LogP contribution in [0.4, 0.5) is 0 Å². The Balaban J connectivity index is 0.000000334. The van der Waals surface area contributed by atoms with Gasteiger partial charge >= 0.3 is 0 Å². The second kappa shape index (κ2) is 28.5. The Morgan fingerprint density at radius 1 is 0.473 bits per heavy atom. The molecule has 2 aromatic heterocycles. The summed E-state index contributed by atoms with van der Waals surface area (Å²) in [5.74, 6) is 4.48. The number of hydrogen-bond acceptors (Lipinski definition) is 8. The van der Waals surface area contributed by atoms with E-state index in [0.29, 0.717) is 41.2 Å². The molecule has 0 saturated carbocycles. The van der Waals surface area contributed by atoms with Crippen LogP contribution in [0.5, 0.6) is 0 Å². The summed E-state index contributed by atoms with van der Waals surface area (Å²) in [6, 6.07) is 50.2. The molecule has 0 aliphatic carbocycles. The summed E-state index contributed by atoms with van der Waals surface area (Å²) in [5.41, 5.74) is 14.7. The van der Waals surface area contributed by atoms with E-state index >= 15 is 0 Å². The van der Waals surface area contributed by atoms with Gasteiger partial charge in [0.05, 0.1) is 35.4 Å². The monoisotopic (exact) mass is 1350 g/mol. The third kappa shape index (κ3) is 14.5. The Hall–Kier alpha value is -6.20. The zero-order valence-corrected chi connectivity index (χ0v) is 48.7. The molecule has 8 aromatic rings. The first-order valence-electron chi connectivity index (χ1n) is 24.5. The Bertz CT molecular complexity index is 2870. The van der Waals surface area contributed by atoms with Crippen molar-refractivity contribution in [3.05, 3.63) is 178 Å². The van der Waals surface area contributed by atoms with Gasteiger partial charge in [0.25, 0.3) is 0 Å². The average molecular weight is 1340 g/mol. The van der Waals surface area contributed by atoms with Gasteiger partial charge in [0, 0.05) is 68.7 Å². The van der Waals surface area contributed by atoms with E-state index in [1.807, 2.05) is 54.6 Å². The standard InChI is InChI=1S/C28H28N4.C28H27N4.C5H12O2.CH4.2Ir/c2*1-18(2)23-11-8-12-24(19(3)4)26(23)32-27(22-15-13-21(17-29)14-16-22)30-31-28(32)25-10-7-6-9-20(25)5;1-4(6)3-5(2)7;;;/h6-16,18-19H,1-5H3;6-15,18-19H,1-5H3;4-7H,3H2,1-2H3;1H4;;/q;-1;;;;. The fraction of sp³-hybridized carbons (Fsp3) is 0.323. The summed E-state index contributed by atoms with van der Waals surface area (Å²) in [7, 11) is 0. The van der Waals surface area contributed by atoms with Gasteiger partial charge in [-0.1, -0.05) is 148 Å². The number of nitrogens with zero attached hydrogens (tertiary/aromatic N) is 8. The Morgan fingerprint density at radius 3 is 1.18 bits per heavy atom. The number of aliphatic hydroxyl groups is 2. The minimum absolute atomic E-state index is 0. The summed E-state index contributed by atoms with van der Waals surface area (Å²) in [6.45, 7) is 25.3. The van der Waals surface area contributed by atoms with E-state index < -0.39 is 0 Å². The molecule has 2 N–H and O–H groups in total. The summed E-state index contributed by atoms with van der Waals surface area (Å²) in [6.07, 6.45) is -0.278. The van der Waals surface area contributed by atoms with Crippen molar-refractivity contribution in [2.75, 3.05) is 0 Å². The Kier molecular flexibility index (Phi) is 23.9. The molecule has 0 amide bonds. The van der Waals surface area contributed by atoms with Crippen molar-refractivity contribution in [1.82, 2.24) is 29.5 Å². The molecular weight excluding hydrogens is 1270 g/mol. The van der Waals surface area contributed by atoms with Crippen LogP contribution >= 0.6 is 0 Å². The van der Waals surface area contributed by atoms with E-state index in [-0.39, 0.29) is 59.8 Å². The van der Waals surface area contributed by atoms with Crippen LogP contribution in [0, 0.1) is 42.6 Å². The second-order valence-corrected chi connectivity index (χ2v) is 19.4. The van der Waals surface area contributed by atoms with E-state index in [1.165, 1.54) is 22.3 Å². The van der Waals surface area contributed by atoms with Crippen molar-refractivity contribution in [3.63, 3.8) is 0 Å². The number of rotatable bonds is 12. The van der Waals surface area contributed by atoms with Crippen molar-refractivity contribution in [1.29, 1.82) is 10.5 Å². The molecule has 8 rings (SSSR count). The van der Waals surface area contributed by atoms with Gasteiger partial charge in [0.1, 0.15) is 0 Å². The fourth-order valence-electron chi connectivity index (χ4n) is 8.71. The minimum Gasteiger partial charge on any atom is -0.393 e. The molecule has 2 radical (unpaired) electrons. The first kappa shape index (κ1) is 62.1. The zero-order valence-electron chi connectivity index (χ0n) is 43.9. The van der Waals surface area contributed by atoms with Crippen LogP contribution in [0.2, 0.25) is 0 Å². The maximum absolute atomic E-state index is 9.23. The van der Waals surface area contributed by atoms with Crippen molar-refractivity contribution in [3.8, 4) is 69.1 Å². The smallest absolute Gasteiger partial charge is 0.169 e. The number of aliphatic hydroxyl groups excluding tert-OH is 2. The molecular formula is C62H71Ir2N8O2-. The Morgan fingerprint density at radius 2 is 0.838 bits per heavy atom. The second-order valence-electron chi connectivity index (χ2n) is 19.4. The molecule has 2 atom stereocenters. The van der Waals surface area contributed by atoms with Crippen molar-refractivity contribution in [2.45, 2.75) is 133 Å². The normalized spacial score (nSPS) is 11.5. The number of aryl methyl sites for hydroxylation is 2. The predicted molar refractivity (Wildman–Crippen MR) is 293 cm³/mol. The van der Waals surface area contributed by atoms with Gasteiger partial charge in [-0.25, -0.2) is 5.26 Å². The van der Waals surface area contributed by atoms with Crippen LogP contribution in [0.15, 0.2) is 127 Å². The van der Waals surface area contributed by atoms with Crippen molar-refractivity contribution in [2.24, 2.45) is 0 Å². The topological polar surface area (TPSA) is 149 Å². The van der Waals surface area contributed by atoms with Crippen LogP contribution in [-0.2, 0) is 40.2 Å². The summed E-state index contributed by atoms with van der Waals surface area (Å²) in [4.78, 5) is 0. The summed E-state index contributed by atoms with van der Waals surface area (Å²) < 4.78 is 4.40. The first-order chi connectivity index (χ1) is 34.0. The van der Waals surface area contributed by atoms with E-state index in [0.717, 1.165) is 68.1 Å². The van der Waals surface area contributed by atoms with Crippen LogP contribution < -0.4 is 0 Å². The van der Waals surface area contributed by atoms with Crippen LogP contribution in [-0.4, -0.2) is 51.9 Å². The van der Waals surface area contributed by atoms with Gasteiger partial charge in [0.2, 0.25) is 0 Å². The van der Waals surface area contributed by atoms with Gasteiger partial charge < -0.3 is 14.8 Å². The first-order valence-corrected chi connectivity index (χ1v) is 24.5. The van der Waals surface area contributed by atoms with E-state index in [1.54, 1.807) is 26.0 Å². The van der Waals surface area contributed by atoms with Crippen molar-refractivity contribution < 1.29 is 50.4 Å². The molecule has 0 bridgehead atoms. The molecule has 0 saturated heterocycles. The molecule has 2 heterocycles. The maximum Gasteiger partial charge on any atom is 0.169 e. The third-order valence-electron chi connectivity index (χ3n) is 12.4. The quantitative estimate of drug-likeness (QED) is 0.115.